The van der Waals surface area contributed by atoms with Gasteiger partial charge in [0.2, 0.25) is 0 Å². The van der Waals surface area contributed by atoms with Crippen LogP contribution in [0.2, 0.25) is 0 Å². The van der Waals surface area contributed by atoms with Crippen molar-refractivity contribution in [2.45, 2.75) is 58.2 Å². The van der Waals surface area contributed by atoms with Gasteiger partial charge >= 0.3 is 6.09 Å². The van der Waals surface area contributed by atoms with E-state index >= 15 is 0 Å². The van der Waals surface area contributed by atoms with Crippen molar-refractivity contribution in [1.82, 2.24) is 10.6 Å². The number of carbonyl (C=O) groups excluding carboxylic acids is 1. The molecule has 0 aromatic rings. The Hall–Kier alpha value is -0.770. The lowest BCUT2D eigenvalue weighted by Gasteiger charge is -2.31. The van der Waals surface area contributed by atoms with Crippen LogP contribution in [0.1, 0.15) is 40.5 Å². The van der Waals surface area contributed by atoms with Crippen LogP contribution >= 0.6 is 0 Å². The molecule has 0 aromatic carbocycles. The van der Waals surface area contributed by atoms with Gasteiger partial charge in [0.05, 0.1) is 0 Å². The molecule has 1 aliphatic heterocycles. The number of amides is 1. The molecule has 0 bridgehead atoms. The standard InChI is InChI=1S/C11H22N2O2/c1-8-9(6-5-7-12-8)13-10(14)15-11(2,3)4/h8-9,12H,5-7H2,1-4H3,(H,13,14)/t8?,9-/m0/s1. The van der Waals surface area contributed by atoms with Gasteiger partial charge in [-0.3, -0.25) is 0 Å². The maximum atomic E-state index is 11.5. The molecule has 1 aliphatic rings. The maximum absolute atomic E-state index is 11.5. The summed E-state index contributed by atoms with van der Waals surface area (Å²) in [6, 6.07) is 0.514. The third kappa shape index (κ3) is 4.51. The molecule has 2 atom stereocenters. The third-order valence-corrected chi connectivity index (χ3v) is 2.46. The van der Waals surface area contributed by atoms with Crippen LogP contribution in [0.3, 0.4) is 0 Å². The first-order valence-corrected chi connectivity index (χ1v) is 5.61. The molecule has 1 saturated heterocycles. The summed E-state index contributed by atoms with van der Waals surface area (Å²) in [7, 11) is 0. The molecule has 0 saturated carbocycles. The Morgan fingerprint density at radius 3 is 2.67 bits per heavy atom. The first-order valence-electron chi connectivity index (χ1n) is 5.61. The summed E-state index contributed by atoms with van der Waals surface area (Å²) < 4.78 is 5.21. The average Bonchev–Trinajstić information content (AvgIpc) is 2.05. The number of nitrogens with one attached hydrogen (secondary N) is 2. The Morgan fingerprint density at radius 2 is 2.13 bits per heavy atom. The average molecular weight is 214 g/mol. The highest BCUT2D eigenvalue weighted by Crippen LogP contribution is 2.11. The summed E-state index contributed by atoms with van der Waals surface area (Å²) in [6.45, 7) is 8.73. The number of rotatable bonds is 1. The third-order valence-electron chi connectivity index (χ3n) is 2.46. The first kappa shape index (κ1) is 12.3. The molecule has 4 heteroatoms. The first-order chi connectivity index (χ1) is 6.88. The molecule has 0 radical (unpaired) electrons. The number of piperidine rings is 1. The van der Waals surface area contributed by atoms with E-state index in [4.69, 9.17) is 4.74 Å². The Morgan fingerprint density at radius 1 is 1.47 bits per heavy atom. The molecule has 4 nitrogen and oxygen atoms in total. The van der Waals surface area contributed by atoms with Crippen molar-refractivity contribution in [2.75, 3.05) is 6.54 Å². The predicted molar refractivity (Wildman–Crippen MR) is 59.9 cm³/mol. The molecule has 1 rings (SSSR count). The Bertz CT molecular complexity index is 223. The lowest BCUT2D eigenvalue weighted by molar-refractivity contribution is 0.0484. The molecule has 0 aromatic heterocycles. The quantitative estimate of drug-likeness (QED) is 0.698. The molecule has 0 aliphatic carbocycles. The van der Waals surface area contributed by atoms with Gasteiger partial charge in [-0.1, -0.05) is 0 Å². The van der Waals surface area contributed by atoms with Gasteiger partial charge in [-0.15, -0.1) is 0 Å². The fourth-order valence-electron chi connectivity index (χ4n) is 1.70. The zero-order valence-corrected chi connectivity index (χ0v) is 10.1. The monoisotopic (exact) mass is 214 g/mol. The van der Waals surface area contributed by atoms with Crippen molar-refractivity contribution in [1.29, 1.82) is 0 Å². The van der Waals surface area contributed by atoms with E-state index in [2.05, 4.69) is 17.6 Å². The van der Waals surface area contributed by atoms with Crippen LogP contribution in [0.4, 0.5) is 4.79 Å². The van der Waals surface area contributed by atoms with E-state index in [-0.39, 0.29) is 12.1 Å². The number of hydrogen-bond donors (Lipinski definition) is 2. The minimum Gasteiger partial charge on any atom is -0.444 e. The summed E-state index contributed by atoms with van der Waals surface area (Å²) in [4.78, 5) is 11.5. The van der Waals surface area contributed by atoms with Crippen molar-refractivity contribution < 1.29 is 9.53 Å². The van der Waals surface area contributed by atoms with Gasteiger partial charge in [0.15, 0.2) is 0 Å². The van der Waals surface area contributed by atoms with Crippen LogP contribution in [0.25, 0.3) is 0 Å². The SMILES string of the molecule is CC1NCCC[C@@H]1NC(=O)OC(C)(C)C. The van der Waals surface area contributed by atoms with Crippen LogP contribution in [0, 0.1) is 0 Å². The Labute approximate surface area is 91.8 Å². The number of carbonyl (C=O) groups is 1. The Balaban J connectivity index is 2.36. The zero-order chi connectivity index (χ0) is 11.5. The van der Waals surface area contributed by atoms with Crippen LogP contribution in [-0.2, 0) is 4.74 Å². The van der Waals surface area contributed by atoms with Gasteiger partial charge in [0.1, 0.15) is 5.60 Å². The highest BCUT2D eigenvalue weighted by atomic mass is 16.6. The molecular weight excluding hydrogens is 192 g/mol. The molecule has 1 unspecified atom stereocenters. The van der Waals surface area contributed by atoms with Gasteiger partial charge in [-0.05, 0) is 47.1 Å². The van der Waals surface area contributed by atoms with Crippen molar-refractivity contribution in [3.63, 3.8) is 0 Å². The van der Waals surface area contributed by atoms with E-state index in [9.17, 15) is 4.79 Å². The number of alkyl carbamates (subject to hydrolysis) is 1. The lowest BCUT2D eigenvalue weighted by Crippen LogP contribution is -2.52. The minimum absolute atomic E-state index is 0.189. The molecule has 1 heterocycles. The van der Waals surface area contributed by atoms with Gasteiger partial charge < -0.3 is 15.4 Å². The topological polar surface area (TPSA) is 50.4 Å². The summed E-state index contributed by atoms with van der Waals surface area (Å²) in [5.74, 6) is 0. The molecule has 15 heavy (non-hydrogen) atoms. The normalized spacial score (nSPS) is 27.2. The van der Waals surface area contributed by atoms with Crippen LogP contribution in [0.5, 0.6) is 0 Å². The zero-order valence-electron chi connectivity index (χ0n) is 10.1. The number of hydrogen-bond acceptors (Lipinski definition) is 3. The van der Waals surface area contributed by atoms with Crippen molar-refractivity contribution in [3.8, 4) is 0 Å². The van der Waals surface area contributed by atoms with E-state index in [0.717, 1.165) is 19.4 Å². The van der Waals surface area contributed by atoms with Gasteiger partial charge in [0.25, 0.3) is 0 Å². The fourth-order valence-corrected chi connectivity index (χ4v) is 1.70. The summed E-state index contributed by atoms with van der Waals surface area (Å²) in [5.41, 5.74) is -0.421. The van der Waals surface area contributed by atoms with Crippen LogP contribution in [-0.4, -0.2) is 30.3 Å². The molecule has 2 N–H and O–H groups in total. The fraction of sp³-hybridized carbons (Fsp3) is 0.909. The smallest absolute Gasteiger partial charge is 0.407 e. The maximum Gasteiger partial charge on any atom is 0.407 e. The van der Waals surface area contributed by atoms with Crippen molar-refractivity contribution >= 4 is 6.09 Å². The van der Waals surface area contributed by atoms with Gasteiger partial charge in [0, 0.05) is 12.1 Å². The molecule has 88 valence electrons. The molecule has 0 spiro atoms. The highest BCUT2D eigenvalue weighted by Gasteiger charge is 2.24. The number of ether oxygens (including phenoxy) is 1. The van der Waals surface area contributed by atoms with Crippen molar-refractivity contribution in [3.05, 3.63) is 0 Å². The second-order valence-electron chi connectivity index (χ2n) is 5.14. The second kappa shape index (κ2) is 4.84. The molecular formula is C11H22N2O2. The molecule has 1 fully saturated rings. The largest absolute Gasteiger partial charge is 0.444 e. The van der Waals surface area contributed by atoms with Crippen LogP contribution in [0.15, 0.2) is 0 Å². The predicted octanol–water partition coefficient (Wildman–Crippen LogP) is 1.65. The summed E-state index contributed by atoms with van der Waals surface area (Å²) in [6.07, 6.45) is 1.81. The lowest BCUT2D eigenvalue weighted by atomic mass is 10.0. The van der Waals surface area contributed by atoms with E-state index in [1.165, 1.54) is 0 Å². The van der Waals surface area contributed by atoms with E-state index in [1.807, 2.05) is 20.8 Å². The van der Waals surface area contributed by atoms with E-state index < -0.39 is 5.60 Å². The highest BCUT2D eigenvalue weighted by molar-refractivity contribution is 5.68. The van der Waals surface area contributed by atoms with Crippen molar-refractivity contribution in [2.24, 2.45) is 0 Å². The minimum atomic E-state index is -0.421. The summed E-state index contributed by atoms with van der Waals surface area (Å²) in [5, 5.41) is 6.23. The summed E-state index contributed by atoms with van der Waals surface area (Å²) >= 11 is 0. The van der Waals surface area contributed by atoms with E-state index in [0.29, 0.717) is 6.04 Å². The van der Waals surface area contributed by atoms with Gasteiger partial charge in [-0.2, -0.15) is 0 Å². The molecule has 1 amide bonds. The van der Waals surface area contributed by atoms with Gasteiger partial charge in [-0.25, -0.2) is 4.79 Å². The second-order valence-corrected chi connectivity index (χ2v) is 5.14. The van der Waals surface area contributed by atoms with Crippen LogP contribution < -0.4 is 10.6 Å². The van der Waals surface area contributed by atoms with E-state index in [1.54, 1.807) is 0 Å². The Kier molecular flexibility index (Phi) is 3.97.